The number of nitrogens with two attached hydrogens (primary N) is 1. The zero-order valence-corrected chi connectivity index (χ0v) is 16.3. The minimum atomic E-state index is -0.722. The van der Waals surface area contributed by atoms with Crippen molar-refractivity contribution in [1.82, 2.24) is 4.90 Å². The van der Waals surface area contributed by atoms with Crippen molar-refractivity contribution in [3.05, 3.63) is 55.9 Å². The predicted octanol–water partition coefficient (Wildman–Crippen LogP) is 2.52. The zero-order chi connectivity index (χ0) is 21.1. The van der Waals surface area contributed by atoms with Gasteiger partial charge in [-0.3, -0.25) is 19.7 Å². The molecule has 2 aromatic rings. The van der Waals surface area contributed by atoms with E-state index in [4.69, 9.17) is 10.5 Å². The van der Waals surface area contributed by atoms with Crippen molar-refractivity contribution >= 4 is 39.9 Å². The molecule has 3 N–H and O–H groups in total. The molecule has 0 radical (unpaired) electrons. The van der Waals surface area contributed by atoms with E-state index < -0.39 is 22.8 Å². The lowest BCUT2D eigenvalue weighted by molar-refractivity contribution is -0.385. The lowest BCUT2D eigenvalue weighted by Gasteiger charge is -2.26. The van der Waals surface area contributed by atoms with Crippen LogP contribution in [0.5, 0.6) is 0 Å². The number of anilines is 1. The fourth-order valence-corrected chi connectivity index (χ4v) is 4.38. The van der Waals surface area contributed by atoms with Crippen molar-refractivity contribution in [1.29, 1.82) is 0 Å². The number of para-hydroxylation sites is 1. The normalized spacial score (nSPS) is 12.8. The highest BCUT2D eigenvalue weighted by Crippen LogP contribution is 2.37. The molecule has 0 atom stereocenters. The summed E-state index contributed by atoms with van der Waals surface area (Å²) in [4.78, 5) is 49.4. The topological polar surface area (TPSA) is 145 Å². The summed E-state index contributed by atoms with van der Waals surface area (Å²) in [7, 11) is 0. The van der Waals surface area contributed by atoms with Crippen molar-refractivity contribution in [3.8, 4) is 0 Å². The first kappa shape index (κ1) is 20.3. The number of carbonyl (C=O) groups excluding carboxylic acids is 3. The predicted molar refractivity (Wildman–Crippen MR) is 105 cm³/mol. The number of amides is 3. The summed E-state index contributed by atoms with van der Waals surface area (Å²) in [6, 6.07) is 5.51. The Balaban J connectivity index is 1.91. The number of benzene rings is 1. The van der Waals surface area contributed by atoms with E-state index in [1.807, 2.05) is 0 Å². The van der Waals surface area contributed by atoms with E-state index in [1.54, 1.807) is 6.92 Å². The number of nitrogens with zero attached hydrogens (tertiary/aromatic N) is 2. The number of nitro benzene ring substituents is 1. The molecule has 29 heavy (non-hydrogen) atoms. The van der Waals surface area contributed by atoms with Gasteiger partial charge in [-0.15, -0.1) is 11.3 Å². The van der Waals surface area contributed by atoms with Gasteiger partial charge >= 0.3 is 6.09 Å². The van der Waals surface area contributed by atoms with Crippen molar-refractivity contribution in [2.24, 2.45) is 5.73 Å². The number of hydrogen-bond donors (Lipinski definition) is 2. The number of primary amides is 1. The Morgan fingerprint density at radius 3 is 2.72 bits per heavy atom. The maximum atomic E-state index is 12.6. The molecule has 152 valence electrons. The molecule has 11 heteroatoms. The van der Waals surface area contributed by atoms with Gasteiger partial charge in [0.05, 0.1) is 23.6 Å². The van der Waals surface area contributed by atoms with Crippen molar-refractivity contribution in [2.45, 2.75) is 19.9 Å². The summed E-state index contributed by atoms with van der Waals surface area (Å²) in [5, 5.41) is 13.9. The number of nitro groups is 1. The molecular formula is C18H18N4O6S. The van der Waals surface area contributed by atoms with E-state index in [-0.39, 0.29) is 35.0 Å². The van der Waals surface area contributed by atoms with Crippen LogP contribution in [0.15, 0.2) is 24.3 Å². The Morgan fingerprint density at radius 1 is 1.34 bits per heavy atom. The zero-order valence-electron chi connectivity index (χ0n) is 15.5. The SMILES string of the molecule is CCOC(=O)N1CCc2c(sc(NC(=O)c3ccccc3[N+](=O)[O-])c2C(N)=O)C1. The Bertz CT molecular complexity index is 1000. The van der Waals surface area contributed by atoms with Gasteiger partial charge in [-0.1, -0.05) is 12.1 Å². The van der Waals surface area contributed by atoms with Crippen molar-refractivity contribution < 1.29 is 24.0 Å². The Kier molecular flexibility index (Phi) is 5.78. The standard InChI is InChI=1S/C18H18N4O6S/c1-2-28-18(25)21-8-7-11-13(9-21)29-17(14(11)15(19)23)20-16(24)10-5-3-4-6-12(10)22(26)27/h3-6H,2,7-9H2,1H3,(H2,19,23)(H,20,24). The van der Waals surface area contributed by atoms with Crippen LogP contribution in [0.2, 0.25) is 0 Å². The quantitative estimate of drug-likeness (QED) is 0.564. The third-order valence-corrected chi connectivity index (χ3v) is 5.53. The van der Waals surface area contributed by atoms with Crippen LogP contribution in [0.3, 0.4) is 0 Å². The molecule has 1 aromatic heterocycles. The van der Waals surface area contributed by atoms with Crippen LogP contribution in [-0.2, 0) is 17.7 Å². The Morgan fingerprint density at radius 2 is 2.07 bits per heavy atom. The number of thiophene rings is 1. The second-order valence-electron chi connectivity index (χ2n) is 6.17. The van der Waals surface area contributed by atoms with E-state index in [9.17, 15) is 24.5 Å². The summed E-state index contributed by atoms with van der Waals surface area (Å²) in [5.74, 6) is -1.44. The molecule has 0 bridgehead atoms. The molecular weight excluding hydrogens is 400 g/mol. The molecule has 0 saturated heterocycles. The first-order valence-corrected chi connectivity index (χ1v) is 9.55. The van der Waals surface area contributed by atoms with E-state index in [0.717, 1.165) is 11.3 Å². The first-order chi connectivity index (χ1) is 13.8. The lowest BCUT2D eigenvalue weighted by atomic mass is 10.0. The number of hydrogen-bond acceptors (Lipinski definition) is 7. The smallest absolute Gasteiger partial charge is 0.410 e. The molecule has 0 saturated carbocycles. The highest BCUT2D eigenvalue weighted by atomic mass is 32.1. The monoisotopic (exact) mass is 418 g/mol. The van der Waals surface area contributed by atoms with Gasteiger partial charge in [-0.05, 0) is 25.0 Å². The molecule has 0 aliphatic carbocycles. The van der Waals surface area contributed by atoms with Crippen LogP contribution >= 0.6 is 11.3 Å². The summed E-state index contributed by atoms with van der Waals surface area (Å²) in [5.41, 5.74) is 5.88. The molecule has 0 unspecified atom stereocenters. The minimum absolute atomic E-state index is 0.132. The van der Waals surface area contributed by atoms with Crippen LogP contribution in [0.25, 0.3) is 0 Å². The molecule has 0 fully saturated rings. The number of nitrogens with one attached hydrogen (secondary N) is 1. The molecule has 2 heterocycles. The fourth-order valence-electron chi connectivity index (χ4n) is 3.12. The van der Waals surface area contributed by atoms with Crippen LogP contribution in [-0.4, -0.2) is 40.9 Å². The van der Waals surface area contributed by atoms with Gasteiger partial charge < -0.3 is 20.7 Å². The summed E-state index contributed by atoms with van der Waals surface area (Å²) < 4.78 is 5.01. The number of fused-ring (bicyclic) bond motifs is 1. The third kappa shape index (κ3) is 4.04. The molecule has 1 aliphatic heterocycles. The van der Waals surface area contributed by atoms with Gasteiger partial charge in [-0.2, -0.15) is 0 Å². The summed E-state index contributed by atoms with van der Waals surface area (Å²) in [6.45, 7) is 2.53. The summed E-state index contributed by atoms with van der Waals surface area (Å²) >= 11 is 1.11. The van der Waals surface area contributed by atoms with E-state index in [2.05, 4.69) is 5.32 Å². The van der Waals surface area contributed by atoms with E-state index >= 15 is 0 Å². The number of rotatable bonds is 5. The molecule has 3 rings (SSSR count). The third-order valence-electron chi connectivity index (χ3n) is 4.40. The van der Waals surface area contributed by atoms with Gasteiger partial charge in [0.15, 0.2) is 0 Å². The van der Waals surface area contributed by atoms with Gasteiger partial charge in [-0.25, -0.2) is 4.79 Å². The van der Waals surface area contributed by atoms with Crippen molar-refractivity contribution in [2.75, 3.05) is 18.5 Å². The van der Waals surface area contributed by atoms with Crippen molar-refractivity contribution in [3.63, 3.8) is 0 Å². The Labute approximate surface area is 169 Å². The molecule has 0 spiro atoms. The average molecular weight is 418 g/mol. The largest absolute Gasteiger partial charge is 0.450 e. The second kappa shape index (κ2) is 8.27. The molecule has 3 amide bonds. The molecule has 1 aromatic carbocycles. The number of carbonyl (C=O) groups is 3. The highest BCUT2D eigenvalue weighted by Gasteiger charge is 2.30. The fraction of sp³-hybridized carbons (Fsp3) is 0.278. The first-order valence-electron chi connectivity index (χ1n) is 8.74. The van der Waals surface area contributed by atoms with E-state index in [0.29, 0.717) is 23.4 Å². The Hall–Kier alpha value is -3.47. The highest BCUT2D eigenvalue weighted by molar-refractivity contribution is 7.17. The van der Waals surface area contributed by atoms with Crippen LogP contribution in [0.4, 0.5) is 15.5 Å². The summed E-state index contributed by atoms with van der Waals surface area (Å²) in [6.07, 6.45) is -0.0812. The van der Waals surface area contributed by atoms with Gasteiger partial charge in [0.1, 0.15) is 10.6 Å². The van der Waals surface area contributed by atoms with E-state index in [1.165, 1.54) is 29.2 Å². The maximum absolute atomic E-state index is 12.6. The van der Waals surface area contributed by atoms with Crippen LogP contribution in [0, 0.1) is 10.1 Å². The van der Waals surface area contributed by atoms with Gasteiger partial charge in [0, 0.05) is 17.5 Å². The second-order valence-corrected chi connectivity index (χ2v) is 7.28. The molecule has 1 aliphatic rings. The average Bonchev–Trinajstić information content (AvgIpc) is 3.05. The van der Waals surface area contributed by atoms with Gasteiger partial charge in [0.25, 0.3) is 17.5 Å². The van der Waals surface area contributed by atoms with Gasteiger partial charge in [0.2, 0.25) is 0 Å². The van der Waals surface area contributed by atoms with Crippen LogP contribution < -0.4 is 11.1 Å². The number of ether oxygens (including phenoxy) is 1. The van der Waals surface area contributed by atoms with Crippen LogP contribution in [0.1, 0.15) is 38.1 Å². The lowest BCUT2D eigenvalue weighted by Crippen LogP contribution is -2.36. The minimum Gasteiger partial charge on any atom is -0.450 e. The molecule has 10 nitrogen and oxygen atoms in total. The maximum Gasteiger partial charge on any atom is 0.410 e.